The smallest absolute Gasteiger partial charge is 0.0376 e. The second-order valence-electron chi connectivity index (χ2n) is 4.68. The summed E-state index contributed by atoms with van der Waals surface area (Å²) in [6.45, 7) is 2.02. The van der Waals surface area contributed by atoms with Gasteiger partial charge in [-0.25, -0.2) is 0 Å². The molecule has 0 heterocycles. The van der Waals surface area contributed by atoms with Gasteiger partial charge >= 0.3 is 0 Å². The van der Waals surface area contributed by atoms with Crippen molar-refractivity contribution in [1.82, 2.24) is 5.32 Å². The van der Waals surface area contributed by atoms with Gasteiger partial charge in [-0.15, -0.1) is 11.6 Å². The van der Waals surface area contributed by atoms with E-state index < -0.39 is 0 Å². The fourth-order valence-electron chi connectivity index (χ4n) is 2.39. The molecule has 0 saturated heterocycles. The molecule has 2 atom stereocenters. The Morgan fingerprint density at radius 1 is 1.12 bits per heavy atom. The maximum Gasteiger partial charge on any atom is 0.0376 e. The SMILES string of the molecule is ClC1CCCCC1CNCc1ccccc1. The van der Waals surface area contributed by atoms with E-state index in [1.165, 1.54) is 31.2 Å². The van der Waals surface area contributed by atoms with Crippen molar-refractivity contribution in [2.45, 2.75) is 37.6 Å². The molecule has 0 aliphatic heterocycles. The second-order valence-corrected chi connectivity index (χ2v) is 5.24. The highest BCUT2D eigenvalue weighted by Gasteiger charge is 2.22. The van der Waals surface area contributed by atoms with Gasteiger partial charge in [-0.3, -0.25) is 0 Å². The maximum atomic E-state index is 6.32. The van der Waals surface area contributed by atoms with Crippen LogP contribution in [0.2, 0.25) is 0 Å². The third-order valence-electron chi connectivity index (χ3n) is 3.39. The van der Waals surface area contributed by atoms with Gasteiger partial charge in [-0.05, 0) is 30.9 Å². The van der Waals surface area contributed by atoms with E-state index >= 15 is 0 Å². The zero-order valence-corrected chi connectivity index (χ0v) is 10.4. The molecule has 2 heteroatoms. The monoisotopic (exact) mass is 237 g/mol. The Hall–Kier alpha value is -0.530. The summed E-state index contributed by atoms with van der Waals surface area (Å²) in [4.78, 5) is 0. The number of alkyl halides is 1. The van der Waals surface area contributed by atoms with Crippen LogP contribution in [0.25, 0.3) is 0 Å². The Morgan fingerprint density at radius 2 is 1.88 bits per heavy atom. The van der Waals surface area contributed by atoms with Crippen LogP contribution in [0.1, 0.15) is 31.2 Å². The number of nitrogens with one attached hydrogen (secondary N) is 1. The molecule has 2 unspecified atom stereocenters. The summed E-state index contributed by atoms with van der Waals surface area (Å²) in [7, 11) is 0. The molecule has 1 N–H and O–H groups in total. The molecule has 1 fully saturated rings. The zero-order valence-electron chi connectivity index (χ0n) is 9.66. The topological polar surface area (TPSA) is 12.0 Å². The third kappa shape index (κ3) is 3.50. The average molecular weight is 238 g/mol. The Balaban J connectivity index is 1.71. The zero-order chi connectivity index (χ0) is 11.2. The van der Waals surface area contributed by atoms with E-state index in [1.807, 2.05) is 0 Å². The standard InChI is InChI=1S/C14H20ClN/c15-14-9-5-4-8-13(14)11-16-10-12-6-2-1-3-7-12/h1-3,6-7,13-14,16H,4-5,8-11H2. The van der Waals surface area contributed by atoms with Gasteiger partial charge in [0.2, 0.25) is 0 Å². The van der Waals surface area contributed by atoms with E-state index in [1.54, 1.807) is 0 Å². The molecule has 88 valence electrons. The molecule has 0 spiro atoms. The van der Waals surface area contributed by atoms with Crippen molar-refractivity contribution in [3.05, 3.63) is 35.9 Å². The van der Waals surface area contributed by atoms with Gasteiger partial charge in [-0.2, -0.15) is 0 Å². The fourth-order valence-corrected chi connectivity index (χ4v) is 2.76. The molecule has 0 radical (unpaired) electrons. The molecule has 1 aliphatic carbocycles. The number of hydrogen-bond donors (Lipinski definition) is 1. The molecule has 0 aromatic heterocycles. The van der Waals surface area contributed by atoms with Crippen LogP contribution in [0, 0.1) is 5.92 Å². The molecule has 1 aromatic carbocycles. The van der Waals surface area contributed by atoms with Crippen LogP contribution in [0.4, 0.5) is 0 Å². The van der Waals surface area contributed by atoms with Crippen molar-refractivity contribution in [3.8, 4) is 0 Å². The van der Waals surface area contributed by atoms with E-state index in [4.69, 9.17) is 11.6 Å². The summed E-state index contributed by atoms with van der Waals surface area (Å²) in [5, 5.41) is 3.90. The average Bonchev–Trinajstić information content (AvgIpc) is 2.33. The first-order valence-corrected chi connectivity index (χ1v) is 6.68. The largest absolute Gasteiger partial charge is 0.312 e. The molecule has 16 heavy (non-hydrogen) atoms. The van der Waals surface area contributed by atoms with Gasteiger partial charge in [0.05, 0.1) is 0 Å². The number of halogens is 1. The summed E-state index contributed by atoms with van der Waals surface area (Å²) in [6.07, 6.45) is 5.14. The Morgan fingerprint density at radius 3 is 2.62 bits per heavy atom. The van der Waals surface area contributed by atoms with Crippen molar-refractivity contribution in [1.29, 1.82) is 0 Å². The predicted molar refractivity (Wildman–Crippen MR) is 69.7 cm³/mol. The predicted octanol–water partition coefficient (Wildman–Crippen LogP) is 3.57. The van der Waals surface area contributed by atoms with Gasteiger partial charge in [0, 0.05) is 11.9 Å². The molecular weight excluding hydrogens is 218 g/mol. The lowest BCUT2D eigenvalue weighted by atomic mass is 9.89. The molecule has 2 rings (SSSR count). The van der Waals surface area contributed by atoms with Crippen molar-refractivity contribution in [3.63, 3.8) is 0 Å². The van der Waals surface area contributed by atoms with Gasteiger partial charge in [0.15, 0.2) is 0 Å². The van der Waals surface area contributed by atoms with Crippen molar-refractivity contribution in [2.24, 2.45) is 5.92 Å². The second kappa shape index (κ2) is 6.27. The minimum absolute atomic E-state index is 0.386. The Kier molecular flexibility index (Phi) is 4.68. The third-order valence-corrected chi connectivity index (χ3v) is 3.97. The molecule has 0 amide bonds. The van der Waals surface area contributed by atoms with E-state index in [2.05, 4.69) is 35.6 Å². The van der Waals surface area contributed by atoms with E-state index in [0.717, 1.165) is 13.1 Å². The highest BCUT2D eigenvalue weighted by atomic mass is 35.5. The normalized spacial score (nSPS) is 25.6. The maximum absolute atomic E-state index is 6.32. The molecule has 1 nitrogen and oxygen atoms in total. The summed E-state index contributed by atoms with van der Waals surface area (Å²) in [5.74, 6) is 0.666. The summed E-state index contributed by atoms with van der Waals surface area (Å²) in [5.41, 5.74) is 1.35. The van der Waals surface area contributed by atoms with Crippen LogP contribution in [0.3, 0.4) is 0 Å². The minimum atomic E-state index is 0.386. The van der Waals surface area contributed by atoms with E-state index in [0.29, 0.717) is 11.3 Å². The van der Waals surface area contributed by atoms with Crippen molar-refractivity contribution < 1.29 is 0 Å². The first kappa shape index (κ1) is 11.9. The van der Waals surface area contributed by atoms with Crippen LogP contribution in [-0.2, 0) is 6.54 Å². The van der Waals surface area contributed by atoms with Crippen LogP contribution in [-0.4, -0.2) is 11.9 Å². The lowest BCUT2D eigenvalue weighted by Gasteiger charge is -2.27. The quantitative estimate of drug-likeness (QED) is 0.790. The van der Waals surface area contributed by atoms with Crippen LogP contribution in [0.15, 0.2) is 30.3 Å². The summed E-state index contributed by atoms with van der Waals surface area (Å²) >= 11 is 6.32. The molecule has 0 bridgehead atoms. The lowest BCUT2D eigenvalue weighted by molar-refractivity contribution is 0.348. The molecule has 1 aliphatic rings. The van der Waals surface area contributed by atoms with Crippen LogP contribution < -0.4 is 5.32 Å². The van der Waals surface area contributed by atoms with Gasteiger partial charge < -0.3 is 5.32 Å². The first-order chi connectivity index (χ1) is 7.86. The molecular formula is C14H20ClN. The summed E-state index contributed by atoms with van der Waals surface area (Å²) in [6, 6.07) is 10.5. The minimum Gasteiger partial charge on any atom is -0.312 e. The van der Waals surface area contributed by atoms with Crippen molar-refractivity contribution in [2.75, 3.05) is 6.54 Å². The number of benzene rings is 1. The van der Waals surface area contributed by atoms with Crippen LogP contribution >= 0.6 is 11.6 Å². The number of hydrogen-bond acceptors (Lipinski definition) is 1. The fraction of sp³-hybridized carbons (Fsp3) is 0.571. The Labute approximate surface area is 103 Å². The van der Waals surface area contributed by atoms with Crippen molar-refractivity contribution >= 4 is 11.6 Å². The highest BCUT2D eigenvalue weighted by Crippen LogP contribution is 2.27. The van der Waals surface area contributed by atoms with Gasteiger partial charge in [-0.1, -0.05) is 43.2 Å². The Bertz CT molecular complexity index is 299. The highest BCUT2D eigenvalue weighted by molar-refractivity contribution is 6.20. The van der Waals surface area contributed by atoms with E-state index in [-0.39, 0.29) is 0 Å². The first-order valence-electron chi connectivity index (χ1n) is 6.25. The van der Waals surface area contributed by atoms with Gasteiger partial charge in [0.25, 0.3) is 0 Å². The van der Waals surface area contributed by atoms with Gasteiger partial charge in [0.1, 0.15) is 0 Å². The van der Waals surface area contributed by atoms with Crippen LogP contribution in [0.5, 0.6) is 0 Å². The number of rotatable bonds is 4. The van der Waals surface area contributed by atoms with E-state index in [9.17, 15) is 0 Å². The molecule has 1 aromatic rings. The summed E-state index contributed by atoms with van der Waals surface area (Å²) < 4.78 is 0. The molecule has 1 saturated carbocycles. The lowest BCUT2D eigenvalue weighted by Crippen LogP contribution is -2.30.